The Morgan fingerprint density at radius 1 is 1.21 bits per heavy atom. The third kappa shape index (κ3) is 5.41. The standard InChI is InChI=1S/C17H22NO5P/c1-2-3-4-5-6-16(19)18-13-7-8-14-12(11-24(21)22)9-17(20)23-15(14)10-13/h7-10,21-22H,2-6,11H2,1H3,(H,18,19). The van der Waals surface area contributed by atoms with Crippen molar-refractivity contribution in [3.8, 4) is 0 Å². The maximum absolute atomic E-state index is 11.9. The smallest absolute Gasteiger partial charge is 0.336 e. The molecule has 130 valence electrons. The number of carbonyl (C=O) groups excluding carboxylic acids is 1. The fourth-order valence-electron chi connectivity index (χ4n) is 2.53. The van der Waals surface area contributed by atoms with Crippen LogP contribution in [0, 0.1) is 0 Å². The topological polar surface area (TPSA) is 99.8 Å². The predicted molar refractivity (Wildman–Crippen MR) is 94.9 cm³/mol. The van der Waals surface area contributed by atoms with Gasteiger partial charge >= 0.3 is 5.63 Å². The number of anilines is 1. The number of carbonyl (C=O) groups is 1. The van der Waals surface area contributed by atoms with Crippen LogP contribution in [-0.4, -0.2) is 15.7 Å². The Kier molecular flexibility index (Phi) is 6.91. The third-order valence-corrected chi connectivity index (χ3v) is 4.31. The van der Waals surface area contributed by atoms with Gasteiger partial charge < -0.3 is 19.5 Å². The largest absolute Gasteiger partial charge is 0.423 e. The molecule has 0 fully saturated rings. The molecule has 0 aliphatic carbocycles. The fourth-order valence-corrected chi connectivity index (χ4v) is 3.09. The van der Waals surface area contributed by atoms with E-state index in [1.165, 1.54) is 6.07 Å². The number of hydrogen-bond donors (Lipinski definition) is 3. The van der Waals surface area contributed by atoms with Crippen molar-refractivity contribution < 1.29 is 19.0 Å². The van der Waals surface area contributed by atoms with Crippen molar-refractivity contribution in [1.29, 1.82) is 0 Å². The van der Waals surface area contributed by atoms with E-state index in [1.54, 1.807) is 18.2 Å². The summed E-state index contributed by atoms with van der Waals surface area (Å²) in [6.07, 6.45) is 4.59. The summed E-state index contributed by atoms with van der Waals surface area (Å²) < 4.78 is 5.16. The van der Waals surface area contributed by atoms with Crippen LogP contribution < -0.4 is 10.9 Å². The van der Waals surface area contributed by atoms with Crippen LogP contribution in [0.3, 0.4) is 0 Å². The highest BCUT2D eigenvalue weighted by molar-refractivity contribution is 7.44. The SMILES string of the molecule is CCCCCCC(=O)Nc1ccc2c(CP(O)O)cc(=O)oc2c1. The first-order chi connectivity index (χ1) is 11.5. The van der Waals surface area contributed by atoms with Gasteiger partial charge in [-0.3, -0.25) is 4.79 Å². The predicted octanol–water partition coefficient (Wildman–Crippen LogP) is 3.50. The highest BCUT2D eigenvalue weighted by Crippen LogP contribution is 2.32. The van der Waals surface area contributed by atoms with Gasteiger partial charge in [-0.05, 0) is 24.1 Å². The number of fused-ring (bicyclic) bond motifs is 1. The summed E-state index contributed by atoms with van der Waals surface area (Å²) in [7, 11) is -2.14. The Morgan fingerprint density at radius 3 is 2.71 bits per heavy atom. The second-order valence-corrected chi connectivity index (χ2v) is 6.75. The normalized spacial score (nSPS) is 11.2. The van der Waals surface area contributed by atoms with E-state index < -0.39 is 14.0 Å². The molecule has 0 bridgehead atoms. The lowest BCUT2D eigenvalue weighted by atomic mass is 10.1. The maximum atomic E-state index is 11.9. The molecule has 1 amide bonds. The van der Waals surface area contributed by atoms with Crippen molar-refractivity contribution >= 4 is 30.9 Å². The number of amides is 1. The molecule has 0 saturated carbocycles. The molecule has 0 saturated heterocycles. The zero-order valence-corrected chi connectivity index (χ0v) is 14.5. The Bertz CT molecular complexity index is 756. The van der Waals surface area contributed by atoms with Crippen molar-refractivity contribution in [2.24, 2.45) is 0 Å². The van der Waals surface area contributed by atoms with E-state index in [9.17, 15) is 19.4 Å². The van der Waals surface area contributed by atoms with Crippen LogP contribution in [0.2, 0.25) is 0 Å². The van der Waals surface area contributed by atoms with E-state index in [2.05, 4.69) is 12.2 Å². The number of unbranched alkanes of at least 4 members (excludes halogenated alkanes) is 3. The number of rotatable bonds is 8. The first-order valence-corrected chi connectivity index (χ1v) is 9.44. The molecule has 1 aromatic carbocycles. The summed E-state index contributed by atoms with van der Waals surface area (Å²) >= 11 is 0. The van der Waals surface area contributed by atoms with Crippen LogP contribution in [0.5, 0.6) is 0 Å². The average Bonchev–Trinajstić information content (AvgIpc) is 2.50. The Morgan fingerprint density at radius 2 is 2.00 bits per heavy atom. The molecule has 0 aliphatic rings. The summed E-state index contributed by atoms with van der Waals surface area (Å²) in [5.41, 5.74) is 0.837. The molecule has 2 aromatic rings. The summed E-state index contributed by atoms with van der Waals surface area (Å²) in [6.45, 7) is 2.12. The van der Waals surface area contributed by atoms with Crippen LogP contribution in [0.15, 0.2) is 33.5 Å². The molecular weight excluding hydrogens is 329 g/mol. The summed E-state index contributed by atoms with van der Waals surface area (Å²) in [5, 5.41) is 3.43. The van der Waals surface area contributed by atoms with Crippen molar-refractivity contribution in [3.05, 3.63) is 40.2 Å². The van der Waals surface area contributed by atoms with Gasteiger partial charge in [0.1, 0.15) is 5.58 Å². The number of benzene rings is 1. The molecule has 6 nitrogen and oxygen atoms in total. The third-order valence-electron chi connectivity index (χ3n) is 3.68. The van der Waals surface area contributed by atoms with Crippen LogP contribution in [-0.2, 0) is 11.0 Å². The molecule has 0 aliphatic heterocycles. The van der Waals surface area contributed by atoms with Crippen LogP contribution in [0.4, 0.5) is 5.69 Å². The van der Waals surface area contributed by atoms with Crippen molar-refractivity contribution in [3.63, 3.8) is 0 Å². The molecule has 0 unspecified atom stereocenters. The van der Waals surface area contributed by atoms with E-state index >= 15 is 0 Å². The minimum absolute atomic E-state index is 0.000563. The zero-order chi connectivity index (χ0) is 17.5. The highest BCUT2D eigenvalue weighted by Gasteiger charge is 2.11. The van der Waals surface area contributed by atoms with E-state index in [4.69, 9.17) is 4.42 Å². The first-order valence-electron chi connectivity index (χ1n) is 8.01. The van der Waals surface area contributed by atoms with E-state index in [1.807, 2.05) is 0 Å². The summed E-state index contributed by atoms with van der Waals surface area (Å²) in [6, 6.07) is 6.27. The number of nitrogens with one attached hydrogen (secondary N) is 1. The lowest BCUT2D eigenvalue weighted by molar-refractivity contribution is -0.116. The molecule has 3 N–H and O–H groups in total. The molecular formula is C17H22NO5P. The number of hydrogen-bond acceptors (Lipinski definition) is 5. The fraction of sp³-hybridized carbons (Fsp3) is 0.412. The van der Waals surface area contributed by atoms with E-state index in [0.29, 0.717) is 28.6 Å². The minimum atomic E-state index is -2.14. The van der Waals surface area contributed by atoms with Crippen molar-refractivity contribution in [2.45, 2.75) is 45.2 Å². The summed E-state index contributed by atoms with van der Waals surface area (Å²) in [4.78, 5) is 41.9. The highest BCUT2D eigenvalue weighted by atomic mass is 31.2. The van der Waals surface area contributed by atoms with Crippen molar-refractivity contribution in [1.82, 2.24) is 0 Å². The molecule has 0 radical (unpaired) electrons. The van der Waals surface area contributed by atoms with Crippen LogP contribution in [0.1, 0.15) is 44.6 Å². The molecule has 1 heterocycles. The lowest BCUT2D eigenvalue weighted by Gasteiger charge is -2.09. The molecule has 0 spiro atoms. The molecule has 7 heteroatoms. The Balaban J connectivity index is 2.13. The quantitative estimate of drug-likeness (QED) is 0.384. The molecule has 24 heavy (non-hydrogen) atoms. The van der Waals surface area contributed by atoms with Crippen molar-refractivity contribution in [2.75, 3.05) is 5.32 Å². The molecule has 0 atom stereocenters. The Hall–Kier alpha value is -1.75. The van der Waals surface area contributed by atoms with Gasteiger partial charge in [0, 0.05) is 35.8 Å². The minimum Gasteiger partial charge on any atom is -0.423 e. The van der Waals surface area contributed by atoms with E-state index in [0.717, 1.165) is 25.7 Å². The van der Waals surface area contributed by atoms with E-state index in [-0.39, 0.29) is 12.1 Å². The monoisotopic (exact) mass is 351 g/mol. The second-order valence-electron chi connectivity index (χ2n) is 5.69. The van der Waals surface area contributed by atoms with Gasteiger partial charge in [-0.25, -0.2) is 4.79 Å². The average molecular weight is 351 g/mol. The van der Waals surface area contributed by atoms with Gasteiger partial charge in [0.15, 0.2) is 8.38 Å². The summed E-state index contributed by atoms with van der Waals surface area (Å²) in [5.74, 6) is -0.0711. The molecule has 1 aromatic heterocycles. The second kappa shape index (κ2) is 8.92. The van der Waals surface area contributed by atoms with Gasteiger partial charge in [-0.15, -0.1) is 0 Å². The molecule has 2 rings (SSSR count). The van der Waals surface area contributed by atoms with Crippen LogP contribution in [0.25, 0.3) is 11.0 Å². The van der Waals surface area contributed by atoms with Gasteiger partial charge in [-0.2, -0.15) is 0 Å². The first kappa shape index (κ1) is 18.6. The van der Waals surface area contributed by atoms with Gasteiger partial charge in [-0.1, -0.05) is 26.2 Å². The van der Waals surface area contributed by atoms with Gasteiger partial charge in [0.2, 0.25) is 5.91 Å². The zero-order valence-electron chi connectivity index (χ0n) is 13.6. The van der Waals surface area contributed by atoms with Gasteiger partial charge in [0.25, 0.3) is 0 Å². The van der Waals surface area contributed by atoms with Crippen LogP contribution >= 0.6 is 8.38 Å². The van der Waals surface area contributed by atoms with Gasteiger partial charge in [0.05, 0.1) is 0 Å². The maximum Gasteiger partial charge on any atom is 0.336 e. The Labute approximate surface area is 141 Å². The lowest BCUT2D eigenvalue weighted by Crippen LogP contribution is -2.11.